The van der Waals surface area contributed by atoms with Crippen molar-refractivity contribution in [2.24, 2.45) is 10.8 Å². The van der Waals surface area contributed by atoms with Crippen LogP contribution in [-0.2, 0) is 0 Å². The molecule has 2 heteroatoms. The SMILES string of the molecule is CCCC(CS)(CCC)CN1CCC(C)(C)C1. The molecule has 0 aliphatic carbocycles. The van der Waals surface area contributed by atoms with Crippen LogP contribution in [0.3, 0.4) is 0 Å². The fraction of sp³-hybridized carbons (Fsp3) is 1.00. The minimum Gasteiger partial charge on any atom is -0.302 e. The molecule has 0 aromatic heterocycles. The van der Waals surface area contributed by atoms with Crippen LogP contribution >= 0.6 is 12.6 Å². The maximum absolute atomic E-state index is 4.66. The summed E-state index contributed by atoms with van der Waals surface area (Å²) in [7, 11) is 0. The van der Waals surface area contributed by atoms with Crippen molar-refractivity contribution in [1.29, 1.82) is 0 Å². The third-order valence-corrected chi connectivity index (χ3v) is 4.88. The summed E-state index contributed by atoms with van der Waals surface area (Å²) in [6.07, 6.45) is 6.60. The van der Waals surface area contributed by atoms with Gasteiger partial charge < -0.3 is 4.90 Å². The lowest BCUT2D eigenvalue weighted by molar-refractivity contribution is 0.159. The van der Waals surface area contributed by atoms with E-state index < -0.39 is 0 Å². The molecule has 1 heterocycles. The monoisotopic (exact) mass is 257 g/mol. The zero-order chi connectivity index (χ0) is 12.9. The van der Waals surface area contributed by atoms with E-state index in [0.29, 0.717) is 10.8 Å². The maximum atomic E-state index is 4.66. The van der Waals surface area contributed by atoms with Gasteiger partial charge in [-0.05, 0) is 42.4 Å². The Hall–Kier alpha value is 0.310. The predicted octanol–water partition coefficient (Wildman–Crippen LogP) is 4.23. The van der Waals surface area contributed by atoms with Crippen molar-refractivity contribution in [3.63, 3.8) is 0 Å². The van der Waals surface area contributed by atoms with Gasteiger partial charge in [0.1, 0.15) is 0 Å². The Labute approximate surface area is 114 Å². The number of thiol groups is 1. The van der Waals surface area contributed by atoms with E-state index in [-0.39, 0.29) is 0 Å². The number of hydrogen-bond donors (Lipinski definition) is 1. The van der Waals surface area contributed by atoms with Gasteiger partial charge in [0.2, 0.25) is 0 Å². The van der Waals surface area contributed by atoms with Crippen LogP contribution in [0.1, 0.15) is 59.8 Å². The molecule has 1 saturated heterocycles. The lowest BCUT2D eigenvalue weighted by Crippen LogP contribution is -2.38. The van der Waals surface area contributed by atoms with Crippen molar-refractivity contribution in [2.45, 2.75) is 59.8 Å². The molecule has 102 valence electrons. The van der Waals surface area contributed by atoms with Crippen LogP contribution in [0.2, 0.25) is 0 Å². The van der Waals surface area contributed by atoms with Crippen molar-refractivity contribution in [3.05, 3.63) is 0 Å². The molecule has 1 aliphatic heterocycles. The summed E-state index contributed by atoms with van der Waals surface area (Å²) in [5, 5.41) is 0. The van der Waals surface area contributed by atoms with E-state index in [0.717, 1.165) is 5.75 Å². The summed E-state index contributed by atoms with van der Waals surface area (Å²) in [6.45, 7) is 13.2. The summed E-state index contributed by atoms with van der Waals surface area (Å²) in [5.74, 6) is 1.05. The van der Waals surface area contributed by atoms with Gasteiger partial charge in [0.05, 0.1) is 0 Å². The Morgan fingerprint density at radius 1 is 1.18 bits per heavy atom. The standard InChI is InChI=1S/C15H31NS/c1-5-7-15(13-17,8-6-2)12-16-10-9-14(3,4)11-16/h17H,5-13H2,1-4H3. The van der Waals surface area contributed by atoms with Gasteiger partial charge >= 0.3 is 0 Å². The Morgan fingerprint density at radius 2 is 1.76 bits per heavy atom. The largest absolute Gasteiger partial charge is 0.302 e. The molecule has 0 atom stereocenters. The average Bonchev–Trinajstić information content (AvgIpc) is 2.58. The minimum absolute atomic E-state index is 0.465. The Morgan fingerprint density at radius 3 is 2.12 bits per heavy atom. The lowest BCUT2D eigenvalue weighted by Gasteiger charge is -2.36. The molecule has 1 nitrogen and oxygen atoms in total. The van der Waals surface area contributed by atoms with Crippen molar-refractivity contribution < 1.29 is 0 Å². The van der Waals surface area contributed by atoms with Crippen LogP contribution in [0, 0.1) is 10.8 Å². The molecule has 17 heavy (non-hydrogen) atoms. The summed E-state index contributed by atoms with van der Waals surface area (Å²) >= 11 is 4.66. The molecule has 0 spiro atoms. The first-order valence-corrected chi connectivity index (χ1v) is 7.93. The first kappa shape index (κ1) is 15.4. The lowest BCUT2D eigenvalue weighted by atomic mass is 9.80. The van der Waals surface area contributed by atoms with Gasteiger partial charge in [-0.1, -0.05) is 40.5 Å². The van der Waals surface area contributed by atoms with Gasteiger partial charge in [-0.2, -0.15) is 12.6 Å². The van der Waals surface area contributed by atoms with E-state index in [1.54, 1.807) is 0 Å². The van der Waals surface area contributed by atoms with Crippen LogP contribution in [-0.4, -0.2) is 30.3 Å². The highest BCUT2D eigenvalue weighted by Crippen LogP contribution is 2.36. The summed E-state index contributed by atoms with van der Waals surface area (Å²) in [4.78, 5) is 2.68. The molecule has 0 bridgehead atoms. The molecule has 1 aliphatic rings. The van der Waals surface area contributed by atoms with E-state index in [2.05, 4.69) is 45.2 Å². The average molecular weight is 257 g/mol. The number of hydrogen-bond acceptors (Lipinski definition) is 2. The van der Waals surface area contributed by atoms with Gasteiger partial charge in [-0.3, -0.25) is 0 Å². The number of rotatable bonds is 7. The highest BCUT2D eigenvalue weighted by molar-refractivity contribution is 7.80. The number of likely N-dealkylation sites (tertiary alicyclic amines) is 1. The molecular formula is C15H31NS. The van der Waals surface area contributed by atoms with Crippen LogP contribution < -0.4 is 0 Å². The highest BCUT2D eigenvalue weighted by atomic mass is 32.1. The van der Waals surface area contributed by atoms with E-state index in [9.17, 15) is 0 Å². The molecule has 0 unspecified atom stereocenters. The first-order chi connectivity index (χ1) is 7.97. The second-order valence-corrected chi connectivity index (χ2v) is 7.10. The summed E-state index contributed by atoms with van der Waals surface area (Å²) in [6, 6.07) is 0. The Balaban J connectivity index is 2.59. The molecule has 0 saturated carbocycles. The van der Waals surface area contributed by atoms with Crippen LogP contribution in [0.25, 0.3) is 0 Å². The van der Waals surface area contributed by atoms with Crippen molar-refractivity contribution in [2.75, 3.05) is 25.4 Å². The molecular weight excluding hydrogens is 226 g/mol. The van der Waals surface area contributed by atoms with Crippen LogP contribution in [0.5, 0.6) is 0 Å². The number of nitrogens with zero attached hydrogens (tertiary/aromatic N) is 1. The van der Waals surface area contributed by atoms with Crippen LogP contribution in [0.4, 0.5) is 0 Å². The van der Waals surface area contributed by atoms with E-state index in [1.165, 1.54) is 51.7 Å². The van der Waals surface area contributed by atoms with Gasteiger partial charge in [0, 0.05) is 13.1 Å². The van der Waals surface area contributed by atoms with E-state index in [4.69, 9.17) is 0 Å². The zero-order valence-corrected chi connectivity index (χ0v) is 13.2. The normalized spacial score (nSPS) is 21.0. The zero-order valence-electron chi connectivity index (χ0n) is 12.3. The van der Waals surface area contributed by atoms with E-state index in [1.807, 2.05) is 0 Å². The van der Waals surface area contributed by atoms with Crippen molar-refractivity contribution in [3.8, 4) is 0 Å². The smallest absolute Gasteiger partial charge is 0.00460 e. The second kappa shape index (κ2) is 6.47. The van der Waals surface area contributed by atoms with Crippen molar-refractivity contribution >= 4 is 12.6 Å². The molecule has 0 aromatic rings. The summed E-state index contributed by atoms with van der Waals surface area (Å²) in [5.41, 5.74) is 0.994. The molecule has 0 radical (unpaired) electrons. The molecule has 0 amide bonds. The highest BCUT2D eigenvalue weighted by Gasteiger charge is 2.35. The minimum atomic E-state index is 0.465. The fourth-order valence-corrected chi connectivity index (χ4v) is 3.80. The third-order valence-electron chi connectivity index (χ3n) is 4.21. The maximum Gasteiger partial charge on any atom is 0.00460 e. The summed E-state index contributed by atoms with van der Waals surface area (Å²) < 4.78 is 0. The fourth-order valence-electron chi connectivity index (χ4n) is 3.39. The Bertz CT molecular complexity index is 219. The third kappa shape index (κ3) is 4.48. The van der Waals surface area contributed by atoms with Gasteiger partial charge in [0.25, 0.3) is 0 Å². The molecule has 0 N–H and O–H groups in total. The molecule has 1 rings (SSSR count). The predicted molar refractivity (Wildman–Crippen MR) is 80.9 cm³/mol. The van der Waals surface area contributed by atoms with Gasteiger partial charge in [-0.25, -0.2) is 0 Å². The van der Waals surface area contributed by atoms with E-state index >= 15 is 0 Å². The molecule has 0 aromatic carbocycles. The quantitative estimate of drug-likeness (QED) is 0.668. The second-order valence-electron chi connectivity index (χ2n) is 6.78. The van der Waals surface area contributed by atoms with Gasteiger partial charge in [-0.15, -0.1) is 0 Å². The van der Waals surface area contributed by atoms with Gasteiger partial charge in [0.15, 0.2) is 0 Å². The van der Waals surface area contributed by atoms with Crippen molar-refractivity contribution in [1.82, 2.24) is 4.90 Å². The molecule has 1 fully saturated rings. The topological polar surface area (TPSA) is 3.24 Å². The van der Waals surface area contributed by atoms with Crippen LogP contribution in [0.15, 0.2) is 0 Å². The Kier molecular flexibility index (Phi) is 5.85. The first-order valence-electron chi connectivity index (χ1n) is 7.30.